The minimum absolute atomic E-state index is 0.111. The van der Waals surface area contributed by atoms with Crippen molar-refractivity contribution in [3.05, 3.63) is 59.5 Å². The Bertz CT molecular complexity index is 720. The fourth-order valence-corrected chi connectivity index (χ4v) is 1.59. The first-order chi connectivity index (χ1) is 11.1. The van der Waals surface area contributed by atoms with Crippen molar-refractivity contribution in [2.24, 2.45) is 5.10 Å². The van der Waals surface area contributed by atoms with Crippen molar-refractivity contribution >= 4 is 24.0 Å². The number of carbonyl (C=O) groups excluding carboxylic acids is 2. The molecule has 1 aromatic heterocycles. The van der Waals surface area contributed by atoms with Crippen molar-refractivity contribution in [3.8, 4) is 0 Å². The van der Waals surface area contributed by atoms with Gasteiger partial charge in [-0.05, 0) is 29.8 Å². The number of nitrogens with zero attached hydrogens (tertiary/aromatic N) is 1. The third kappa shape index (κ3) is 4.81. The topological polar surface area (TPSA) is 121 Å². The highest BCUT2D eigenvalue weighted by Crippen LogP contribution is 2.02. The van der Waals surface area contributed by atoms with E-state index < -0.39 is 17.8 Å². The molecule has 0 aliphatic rings. The van der Waals surface area contributed by atoms with Gasteiger partial charge in [-0.2, -0.15) is 5.10 Å². The first-order valence-corrected chi connectivity index (χ1v) is 6.53. The van der Waals surface area contributed by atoms with Crippen molar-refractivity contribution in [1.29, 1.82) is 0 Å². The molecule has 0 unspecified atom stereocenters. The minimum atomic E-state index is -1.02. The lowest BCUT2D eigenvalue weighted by atomic mass is 10.1. The van der Waals surface area contributed by atoms with Crippen LogP contribution in [-0.2, 0) is 4.79 Å². The molecule has 0 aliphatic carbocycles. The Kier molecular flexibility index (Phi) is 5.24. The van der Waals surface area contributed by atoms with Crippen LogP contribution in [0, 0.1) is 0 Å². The van der Waals surface area contributed by atoms with Gasteiger partial charge in [0.2, 0.25) is 0 Å². The number of rotatable bonds is 6. The van der Waals surface area contributed by atoms with Gasteiger partial charge in [0, 0.05) is 0 Å². The van der Waals surface area contributed by atoms with Crippen molar-refractivity contribution in [1.82, 2.24) is 10.7 Å². The molecule has 8 heteroatoms. The van der Waals surface area contributed by atoms with Crippen LogP contribution in [0.3, 0.4) is 0 Å². The molecule has 23 heavy (non-hydrogen) atoms. The number of amides is 2. The summed E-state index contributed by atoms with van der Waals surface area (Å²) in [6.07, 6.45) is 2.72. The molecule has 118 valence electrons. The van der Waals surface area contributed by atoms with E-state index in [9.17, 15) is 14.4 Å². The third-order valence-corrected chi connectivity index (χ3v) is 2.71. The van der Waals surface area contributed by atoms with Gasteiger partial charge in [-0.1, -0.05) is 12.1 Å². The molecular formula is C15H13N3O5. The van der Waals surface area contributed by atoms with E-state index in [2.05, 4.69) is 15.8 Å². The second-order valence-corrected chi connectivity index (χ2v) is 4.38. The molecule has 2 rings (SSSR count). The number of carboxylic acid groups (broad SMARTS) is 1. The van der Waals surface area contributed by atoms with Crippen LogP contribution in [0.2, 0.25) is 0 Å². The fourth-order valence-electron chi connectivity index (χ4n) is 1.59. The van der Waals surface area contributed by atoms with Crippen LogP contribution < -0.4 is 10.7 Å². The van der Waals surface area contributed by atoms with Crippen LogP contribution >= 0.6 is 0 Å². The quantitative estimate of drug-likeness (QED) is 0.539. The SMILES string of the molecule is O=C(CNC(=O)c1ccco1)NN=Cc1ccc(C(=O)O)cc1. The zero-order valence-electron chi connectivity index (χ0n) is 11.9. The lowest BCUT2D eigenvalue weighted by Crippen LogP contribution is -2.34. The summed E-state index contributed by atoms with van der Waals surface area (Å²) in [5.74, 6) is -1.92. The number of aromatic carboxylic acids is 1. The average Bonchev–Trinajstić information content (AvgIpc) is 3.07. The van der Waals surface area contributed by atoms with Crippen LogP contribution in [0.15, 0.2) is 52.2 Å². The Morgan fingerprint density at radius 1 is 1.17 bits per heavy atom. The Balaban J connectivity index is 1.77. The molecule has 1 heterocycles. The van der Waals surface area contributed by atoms with Gasteiger partial charge >= 0.3 is 5.97 Å². The standard InChI is InChI=1S/C15H13N3O5/c19-13(9-16-14(20)12-2-1-7-23-12)18-17-8-10-3-5-11(6-4-10)15(21)22/h1-8H,9H2,(H,16,20)(H,18,19)(H,21,22). The second kappa shape index (κ2) is 7.55. The van der Waals surface area contributed by atoms with Crippen LogP contribution in [0.25, 0.3) is 0 Å². The number of hydrazone groups is 1. The molecule has 1 aromatic carbocycles. The summed E-state index contributed by atoms with van der Waals surface area (Å²) in [5, 5.41) is 14.8. The molecular weight excluding hydrogens is 302 g/mol. The molecule has 0 aliphatic heterocycles. The van der Waals surface area contributed by atoms with E-state index in [4.69, 9.17) is 9.52 Å². The summed E-state index contributed by atoms with van der Waals surface area (Å²) in [4.78, 5) is 33.7. The minimum Gasteiger partial charge on any atom is -0.478 e. The lowest BCUT2D eigenvalue weighted by molar-refractivity contribution is -0.120. The van der Waals surface area contributed by atoms with Gasteiger partial charge in [-0.25, -0.2) is 10.2 Å². The maximum atomic E-state index is 11.5. The summed E-state index contributed by atoms with van der Waals surface area (Å²) < 4.78 is 4.88. The van der Waals surface area contributed by atoms with Crippen LogP contribution in [0.4, 0.5) is 0 Å². The van der Waals surface area contributed by atoms with E-state index in [1.54, 1.807) is 18.2 Å². The highest BCUT2D eigenvalue weighted by molar-refractivity contribution is 5.94. The van der Waals surface area contributed by atoms with Crippen molar-refractivity contribution < 1.29 is 23.9 Å². The highest BCUT2D eigenvalue weighted by Gasteiger charge is 2.09. The van der Waals surface area contributed by atoms with E-state index >= 15 is 0 Å². The Morgan fingerprint density at radius 2 is 1.91 bits per heavy atom. The Hall–Kier alpha value is -3.42. The number of hydrogen-bond donors (Lipinski definition) is 3. The zero-order valence-corrected chi connectivity index (χ0v) is 11.9. The Labute approximate surface area is 130 Å². The molecule has 2 amide bonds. The van der Waals surface area contributed by atoms with Crippen molar-refractivity contribution in [3.63, 3.8) is 0 Å². The lowest BCUT2D eigenvalue weighted by Gasteiger charge is -2.01. The van der Waals surface area contributed by atoms with Gasteiger partial charge in [0.25, 0.3) is 11.8 Å². The molecule has 0 saturated heterocycles. The van der Waals surface area contributed by atoms with E-state index in [1.165, 1.54) is 30.7 Å². The Morgan fingerprint density at radius 3 is 2.52 bits per heavy atom. The summed E-state index contributed by atoms with van der Waals surface area (Å²) in [6, 6.07) is 9.00. The first kappa shape index (κ1) is 16.0. The number of nitrogens with one attached hydrogen (secondary N) is 2. The number of hydrogen-bond acceptors (Lipinski definition) is 5. The second-order valence-electron chi connectivity index (χ2n) is 4.38. The van der Waals surface area contributed by atoms with Crippen molar-refractivity contribution in [2.75, 3.05) is 6.54 Å². The van der Waals surface area contributed by atoms with Gasteiger partial charge in [-0.3, -0.25) is 9.59 Å². The number of carbonyl (C=O) groups is 3. The van der Waals surface area contributed by atoms with Crippen LogP contribution in [0.5, 0.6) is 0 Å². The molecule has 0 atom stereocenters. The van der Waals surface area contributed by atoms with E-state index in [1.807, 2.05) is 0 Å². The normalized spacial score (nSPS) is 10.4. The molecule has 8 nitrogen and oxygen atoms in total. The summed E-state index contributed by atoms with van der Waals surface area (Å²) in [7, 11) is 0. The maximum Gasteiger partial charge on any atom is 0.335 e. The van der Waals surface area contributed by atoms with Crippen molar-refractivity contribution in [2.45, 2.75) is 0 Å². The van der Waals surface area contributed by atoms with Crippen LogP contribution in [0.1, 0.15) is 26.5 Å². The first-order valence-electron chi connectivity index (χ1n) is 6.53. The third-order valence-electron chi connectivity index (χ3n) is 2.71. The molecule has 0 spiro atoms. The molecule has 0 fully saturated rings. The number of carboxylic acids is 1. The summed E-state index contributed by atoms with van der Waals surface area (Å²) >= 11 is 0. The predicted octanol–water partition coefficient (Wildman–Crippen LogP) is 0.858. The van der Waals surface area contributed by atoms with Gasteiger partial charge in [0.05, 0.1) is 24.6 Å². The largest absolute Gasteiger partial charge is 0.478 e. The van der Waals surface area contributed by atoms with Gasteiger partial charge in [0.1, 0.15) is 0 Å². The predicted molar refractivity (Wildman–Crippen MR) is 80.2 cm³/mol. The summed E-state index contributed by atoms with van der Waals surface area (Å²) in [6.45, 7) is -0.255. The smallest absolute Gasteiger partial charge is 0.335 e. The maximum absolute atomic E-state index is 11.5. The zero-order chi connectivity index (χ0) is 16.7. The number of benzene rings is 1. The van der Waals surface area contributed by atoms with E-state index in [-0.39, 0.29) is 17.9 Å². The van der Waals surface area contributed by atoms with E-state index in [0.717, 1.165) is 0 Å². The molecule has 0 saturated carbocycles. The molecule has 0 radical (unpaired) electrons. The summed E-state index contributed by atoms with van der Waals surface area (Å²) in [5.41, 5.74) is 3.02. The average molecular weight is 315 g/mol. The monoisotopic (exact) mass is 315 g/mol. The number of furan rings is 1. The van der Waals surface area contributed by atoms with Gasteiger partial charge in [0.15, 0.2) is 5.76 Å². The molecule has 2 aromatic rings. The fraction of sp³-hybridized carbons (Fsp3) is 0.0667. The highest BCUT2D eigenvalue weighted by atomic mass is 16.4. The van der Waals surface area contributed by atoms with E-state index in [0.29, 0.717) is 5.56 Å². The van der Waals surface area contributed by atoms with Gasteiger partial charge in [-0.15, -0.1) is 0 Å². The molecule has 0 bridgehead atoms. The molecule has 3 N–H and O–H groups in total. The van der Waals surface area contributed by atoms with Gasteiger partial charge < -0.3 is 14.8 Å². The van der Waals surface area contributed by atoms with Crippen LogP contribution in [-0.4, -0.2) is 35.6 Å².